The molecule has 2 N–H and O–H groups in total. The fourth-order valence-corrected chi connectivity index (χ4v) is 2.15. The highest BCUT2D eigenvalue weighted by molar-refractivity contribution is 5.97. The number of carbonyl (C=O) groups is 2. The second kappa shape index (κ2) is 7.26. The second-order valence-electron chi connectivity index (χ2n) is 5.29. The number of carboxylic acids is 1. The number of carboxylic acid groups (broad SMARTS) is 1. The molecule has 1 fully saturated rings. The van der Waals surface area contributed by atoms with E-state index in [0.29, 0.717) is 12.3 Å². The summed E-state index contributed by atoms with van der Waals surface area (Å²) in [6.45, 7) is -3.02. The van der Waals surface area contributed by atoms with Gasteiger partial charge in [0.25, 0.3) is 5.91 Å². The Morgan fingerprint density at radius 1 is 1.35 bits per heavy atom. The molecular weight excluding hydrogens is 312 g/mol. The highest BCUT2D eigenvalue weighted by atomic mass is 19.3. The Hall–Kier alpha value is -2.38. The van der Waals surface area contributed by atoms with Crippen LogP contribution in [0.15, 0.2) is 18.2 Å². The average Bonchev–Trinajstić information content (AvgIpc) is 3.30. The quantitative estimate of drug-likeness (QED) is 0.764. The lowest BCUT2D eigenvalue weighted by molar-refractivity contribution is -0.139. The van der Waals surface area contributed by atoms with Crippen LogP contribution >= 0.6 is 0 Å². The van der Waals surface area contributed by atoms with Crippen LogP contribution in [0.3, 0.4) is 0 Å². The lowest BCUT2D eigenvalue weighted by Crippen LogP contribution is -2.41. The first-order chi connectivity index (χ1) is 10.9. The minimum atomic E-state index is -3.02. The molecule has 0 bridgehead atoms. The van der Waals surface area contributed by atoms with Crippen LogP contribution in [0.2, 0.25) is 0 Å². The average molecular weight is 329 g/mol. The normalized spacial score (nSPS) is 15.1. The Balaban J connectivity index is 2.09. The largest absolute Gasteiger partial charge is 0.493 e. The Labute approximate surface area is 131 Å². The number of methoxy groups -OCH3 is 1. The zero-order valence-electron chi connectivity index (χ0n) is 12.4. The van der Waals surface area contributed by atoms with Gasteiger partial charge in [0.05, 0.1) is 7.11 Å². The van der Waals surface area contributed by atoms with Crippen molar-refractivity contribution in [2.24, 2.45) is 5.92 Å². The number of rotatable bonds is 8. The summed E-state index contributed by atoms with van der Waals surface area (Å²) in [7, 11) is 1.25. The molecule has 8 heteroatoms. The van der Waals surface area contributed by atoms with Gasteiger partial charge in [-0.05, 0) is 30.5 Å². The predicted molar refractivity (Wildman–Crippen MR) is 75.9 cm³/mol. The van der Waals surface area contributed by atoms with Crippen LogP contribution in [0.25, 0.3) is 0 Å². The number of nitrogens with one attached hydrogen (secondary N) is 1. The molecule has 23 heavy (non-hydrogen) atoms. The second-order valence-corrected chi connectivity index (χ2v) is 5.29. The van der Waals surface area contributed by atoms with E-state index in [-0.39, 0.29) is 17.1 Å². The number of halogens is 2. The van der Waals surface area contributed by atoms with Crippen molar-refractivity contribution in [1.29, 1.82) is 0 Å². The van der Waals surface area contributed by atoms with Crippen LogP contribution in [0.4, 0.5) is 8.78 Å². The van der Waals surface area contributed by atoms with Crippen molar-refractivity contribution in [2.75, 3.05) is 7.11 Å². The van der Waals surface area contributed by atoms with Gasteiger partial charge in [-0.1, -0.05) is 12.8 Å². The van der Waals surface area contributed by atoms with E-state index in [1.54, 1.807) is 0 Å². The van der Waals surface area contributed by atoms with Crippen LogP contribution < -0.4 is 14.8 Å². The standard InChI is InChI=1S/C15H17F2NO5/c1-22-12-7-9(4-5-11(12)23-15(16)17)13(19)18-10(14(20)21)6-8-2-3-8/h4-5,7-8,10,15H,2-3,6H2,1H3,(H,18,19)(H,20,21). The third kappa shape index (κ3) is 4.80. The zero-order chi connectivity index (χ0) is 17.0. The highest BCUT2D eigenvalue weighted by Gasteiger charge is 2.30. The van der Waals surface area contributed by atoms with Crippen molar-refractivity contribution in [1.82, 2.24) is 5.32 Å². The SMILES string of the molecule is COc1cc(C(=O)NC(CC2CC2)C(=O)O)ccc1OC(F)F. The Morgan fingerprint density at radius 2 is 2.04 bits per heavy atom. The summed E-state index contributed by atoms with van der Waals surface area (Å²) in [4.78, 5) is 23.3. The number of hydrogen-bond acceptors (Lipinski definition) is 4. The molecular formula is C15H17F2NO5. The summed E-state index contributed by atoms with van der Waals surface area (Å²) in [6.07, 6.45) is 2.31. The third-order valence-corrected chi connectivity index (χ3v) is 3.51. The lowest BCUT2D eigenvalue weighted by Gasteiger charge is -2.15. The van der Waals surface area contributed by atoms with Gasteiger partial charge < -0.3 is 19.9 Å². The molecule has 0 radical (unpaired) electrons. The summed E-state index contributed by atoms with van der Waals surface area (Å²) in [5.74, 6) is -1.62. The molecule has 0 aromatic heterocycles. The maximum Gasteiger partial charge on any atom is 0.387 e. The molecule has 0 aliphatic heterocycles. The van der Waals surface area contributed by atoms with Gasteiger partial charge in [0.15, 0.2) is 11.5 Å². The van der Waals surface area contributed by atoms with Gasteiger partial charge in [0.1, 0.15) is 6.04 Å². The van der Waals surface area contributed by atoms with Gasteiger partial charge in [-0.15, -0.1) is 0 Å². The van der Waals surface area contributed by atoms with E-state index in [2.05, 4.69) is 10.1 Å². The summed E-state index contributed by atoms with van der Waals surface area (Å²) in [5.41, 5.74) is 0.102. The third-order valence-electron chi connectivity index (χ3n) is 3.51. The molecule has 1 aromatic carbocycles. The van der Waals surface area contributed by atoms with Crippen LogP contribution in [0.5, 0.6) is 11.5 Å². The van der Waals surface area contributed by atoms with Crippen molar-refractivity contribution >= 4 is 11.9 Å². The van der Waals surface area contributed by atoms with Crippen molar-refractivity contribution in [3.8, 4) is 11.5 Å². The first-order valence-electron chi connectivity index (χ1n) is 7.07. The summed E-state index contributed by atoms with van der Waals surface area (Å²) < 4.78 is 33.7. The molecule has 1 aromatic rings. The molecule has 1 amide bonds. The number of amides is 1. The number of aliphatic carboxylic acids is 1. The van der Waals surface area contributed by atoms with Crippen LogP contribution in [-0.2, 0) is 4.79 Å². The van der Waals surface area contributed by atoms with E-state index in [1.807, 2.05) is 0 Å². The van der Waals surface area contributed by atoms with E-state index < -0.39 is 24.5 Å². The monoisotopic (exact) mass is 329 g/mol. The molecule has 2 rings (SSSR count). The molecule has 0 heterocycles. The summed E-state index contributed by atoms with van der Waals surface area (Å²) >= 11 is 0. The summed E-state index contributed by atoms with van der Waals surface area (Å²) in [6, 6.07) is 2.70. The smallest absolute Gasteiger partial charge is 0.387 e. The molecule has 0 spiro atoms. The molecule has 0 saturated heterocycles. The Morgan fingerprint density at radius 3 is 2.57 bits per heavy atom. The Kier molecular flexibility index (Phi) is 5.36. The van der Waals surface area contributed by atoms with E-state index in [9.17, 15) is 18.4 Å². The molecule has 126 valence electrons. The van der Waals surface area contributed by atoms with Gasteiger partial charge in [-0.2, -0.15) is 8.78 Å². The number of ether oxygens (including phenoxy) is 2. The van der Waals surface area contributed by atoms with Crippen molar-refractivity contribution in [3.05, 3.63) is 23.8 Å². The molecule has 1 saturated carbocycles. The fourth-order valence-electron chi connectivity index (χ4n) is 2.15. The maximum absolute atomic E-state index is 12.3. The predicted octanol–water partition coefficient (Wildman–Crippen LogP) is 2.28. The number of alkyl halides is 2. The van der Waals surface area contributed by atoms with Crippen molar-refractivity contribution < 1.29 is 33.0 Å². The molecule has 1 aliphatic carbocycles. The van der Waals surface area contributed by atoms with Gasteiger partial charge in [0, 0.05) is 5.56 Å². The van der Waals surface area contributed by atoms with Crippen LogP contribution in [-0.4, -0.2) is 36.7 Å². The topological polar surface area (TPSA) is 84.9 Å². The van der Waals surface area contributed by atoms with Gasteiger partial charge in [-0.3, -0.25) is 4.79 Å². The van der Waals surface area contributed by atoms with Gasteiger partial charge in [-0.25, -0.2) is 4.79 Å². The van der Waals surface area contributed by atoms with E-state index >= 15 is 0 Å². The van der Waals surface area contributed by atoms with Gasteiger partial charge >= 0.3 is 12.6 Å². The van der Waals surface area contributed by atoms with E-state index in [4.69, 9.17) is 9.84 Å². The lowest BCUT2D eigenvalue weighted by atomic mass is 10.1. The van der Waals surface area contributed by atoms with Gasteiger partial charge in [0.2, 0.25) is 0 Å². The Bertz CT molecular complexity index is 589. The van der Waals surface area contributed by atoms with Crippen molar-refractivity contribution in [3.63, 3.8) is 0 Å². The maximum atomic E-state index is 12.3. The number of carbonyl (C=O) groups excluding carboxylic acids is 1. The van der Waals surface area contributed by atoms with Crippen molar-refractivity contribution in [2.45, 2.75) is 31.9 Å². The molecule has 1 atom stereocenters. The zero-order valence-corrected chi connectivity index (χ0v) is 12.4. The first-order valence-corrected chi connectivity index (χ1v) is 7.07. The first kappa shape index (κ1) is 17.0. The van der Waals surface area contributed by atoms with E-state index in [0.717, 1.165) is 12.8 Å². The van der Waals surface area contributed by atoms with Crippen LogP contribution in [0.1, 0.15) is 29.6 Å². The van der Waals surface area contributed by atoms with Crippen LogP contribution in [0, 0.1) is 5.92 Å². The number of benzene rings is 1. The minimum absolute atomic E-state index is 0.0352. The highest BCUT2D eigenvalue weighted by Crippen LogP contribution is 2.34. The summed E-state index contributed by atoms with van der Waals surface area (Å²) in [5, 5.41) is 11.6. The molecule has 6 nitrogen and oxygen atoms in total. The fraction of sp³-hybridized carbons (Fsp3) is 0.467. The number of hydrogen-bond donors (Lipinski definition) is 2. The molecule has 1 unspecified atom stereocenters. The molecule has 1 aliphatic rings. The van der Waals surface area contributed by atoms with E-state index in [1.165, 1.54) is 25.3 Å². The minimum Gasteiger partial charge on any atom is -0.493 e.